The molecule has 4 heterocycles. The second kappa shape index (κ2) is 5.77. The summed E-state index contributed by atoms with van der Waals surface area (Å²) in [5, 5.41) is 11.6. The van der Waals surface area contributed by atoms with Gasteiger partial charge in [-0.2, -0.15) is 10.2 Å². The van der Waals surface area contributed by atoms with E-state index in [1.807, 2.05) is 23.2 Å². The average Bonchev–Trinajstić information content (AvgIpc) is 3.18. The lowest BCUT2D eigenvalue weighted by Crippen LogP contribution is -2.25. The van der Waals surface area contributed by atoms with Crippen LogP contribution in [0.4, 0.5) is 0 Å². The first-order valence-electron chi connectivity index (χ1n) is 7.80. The number of rotatable bonds is 3. The number of fused-ring (bicyclic) bond motifs is 1. The summed E-state index contributed by atoms with van der Waals surface area (Å²) in [7, 11) is 1.88. The standard InChI is InChI=1S/C15H18N6OS/c1-19-8-11(7-16-19)14-17-12(10-23-14)9-21-15(22)20-6-4-2-3-5-13(20)18-21/h7-8,10H,2-6,9H2,1H3. The SMILES string of the molecule is Cn1cc(-c2nc(Cn3nc4n(c3=O)CCCCC4)cs2)cn1. The van der Waals surface area contributed by atoms with Crippen molar-refractivity contribution in [1.29, 1.82) is 0 Å². The van der Waals surface area contributed by atoms with Crippen LogP contribution >= 0.6 is 11.3 Å². The molecule has 0 aromatic carbocycles. The van der Waals surface area contributed by atoms with E-state index >= 15 is 0 Å². The molecule has 0 radical (unpaired) electrons. The van der Waals surface area contributed by atoms with Gasteiger partial charge in [0.05, 0.1) is 18.4 Å². The van der Waals surface area contributed by atoms with Crippen molar-refractivity contribution in [3.63, 3.8) is 0 Å². The third-order valence-electron chi connectivity index (χ3n) is 4.10. The maximum atomic E-state index is 12.5. The number of nitrogens with zero attached hydrogens (tertiary/aromatic N) is 6. The average molecular weight is 330 g/mol. The molecule has 0 bridgehead atoms. The highest BCUT2D eigenvalue weighted by molar-refractivity contribution is 7.13. The lowest BCUT2D eigenvalue weighted by Gasteiger charge is -1.97. The van der Waals surface area contributed by atoms with Crippen molar-refractivity contribution < 1.29 is 0 Å². The van der Waals surface area contributed by atoms with Gasteiger partial charge in [0.1, 0.15) is 10.8 Å². The first-order chi connectivity index (χ1) is 11.2. The zero-order valence-corrected chi connectivity index (χ0v) is 13.8. The van der Waals surface area contributed by atoms with Crippen LogP contribution in [0.3, 0.4) is 0 Å². The third kappa shape index (κ3) is 2.74. The number of thiazole rings is 1. The van der Waals surface area contributed by atoms with E-state index in [1.54, 1.807) is 26.9 Å². The van der Waals surface area contributed by atoms with Gasteiger partial charge >= 0.3 is 5.69 Å². The molecule has 0 N–H and O–H groups in total. The van der Waals surface area contributed by atoms with Crippen LogP contribution < -0.4 is 5.69 Å². The molecule has 0 aliphatic carbocycles. The third-order valence-corrected chi connectivity index (χ3v) is 5.04. The predicted octanol–water partition coefficient (Wildman–Crippen LogP) is 1.68. The second-order valence-corrected chi connectivity index (χ2v) is 6.72. The monoisotopic (exact) mass is 330 g/mol. The zero-order valence-electron chi connectivity index (χ0n) is 13.0. The molecule has 120 valence electrons. The lowest BCUT2D eigenvalue weighted by molar-refractivity contribution is 0.581. The Morgan fingerprint density at radius 3 is 3.04 bits per heavy atom. The lowest BCUT2D eigenvalue weighted by atomic mass is 10.2. The molecule has 3 aromatic rings. The molecule has 0 unspecified atom stereocenters. The van der Waals surface area contributed by atoms with E-state index in [0.29, 0.717) is 6.54 Å². The van der Waals surface area contributed by atoms with E-state index in [1.165, 1.54) is 6.42 Å². The highest BCUT2D eigenvalue weighted by atomic mass is 32.1. The predicted molar refractivity (Wildman–Crippen MR) is 87.5 cm³/mol. The van der Waals surface area contributed by atoms with Gasteiger partial charge in [-0.3, -0.25) is 9.25 Å². The Morgan fingerprint density at radius 2 is 2.22 bits per heavy atom. The Balaban J connectivity index is 1.59. The summed E-state index contributed by atoms with van der Waals surface area (Å²) in [5.41, 5.74) is 1.85. The smallest absolute Gasteiger partial charge is 0.279 e. The highest BCUT2D eigenvalue weighted by Gasteiger charge is 2.16. The maximum absolute atomic E-state index is 12.5. The molecule has 1 aliphatic rings. The highest BCUT2D eigenvalue weighted by Crippen LogP contribution is 2.23. The molecule has 7 nitrogen and oxygen atoms in total. The van der Waals surface area contributed by atoms with Crippen molar-refractivity contribution in [2.45, 2.75) is 38.8 Å². The van der Waals surface area contributed by atoms with Gasteiger partial charge < -0.3 is 0 Å². The minimum atomic E-state index is -0.0159. The molecule has 1 aliphatic heterocycles. The molecule has 0 amide bonds. The normalized spacial score (nSPS) is 14.7. The van der Waals surface area contributed by atoms with Crippen molar-refractivity contribution >= 4 is 11.3 Å². The van der Waals surface area contributed by atoms with Crippen LogP contribution in [0.2, 0.25) is 0 Å². The summed E-state index contributed by atoms with van der Waals surface area (Å²) >= 11 is 1.56. The second-order valence-electron chi connectivity index (χ2n) is 5.87. The van der Waals surface area contributed by atoms with Gasteiger partial charge in [0.15, 0.2) is 0 Å². The fraction of sp³-hybridized carbons (Fsp3) is 0.467. The van der Waals surface area contributed by atoms with Crippen LogP contribution in [0.15, 0.2) is 22.6 Å². The van der Waals surface area contributed by atoms with Gasteiger partial charge in [-0.15, -0.1) is 11.3 Å². The maximum Gasteiger partial charge on any atom is 0.346 e. The van der Waals surface area contributed by atoms with Crippen LogP contribution in [0.1, 0.15) is 30.8 Å². The van der Waals surface area contributed by atoms with E-state index in [4.69, 9.17) is 0 Å². The van der Waals surface area contributed by atoms with Crippen LogP contribution in [-0.2, 0) is 26.6 Å². The minimum absolute atomic E-state index is 0.0159. The Labute approximate surface area is 137 Å². The number of hydrogen-bond acceptors (Lipinski definition) is 5. The van der Waals surface area contributed by atoms with E-state index < -0.39 is 0 Å². The first-order valence-corrected chi connectivity index (χ1v) is 8.68. The van der Waals surface area contributed by atoms with Gasteiger partial charge in [-0.05, 0) is 12.8 Å². The van der Waals surface area contributed by atoms with Crippen molar-refractivity contribution in [3.05, 3.63) is 39.8 Å². The summed E-state index contributed by atoms with van der Waals surface area (Å²) < 4.78 is 5.12. The molecule has 0 atom stereocenters. The fourth-order valence-electron chi connectivity index (χ4n) is 2.93. The summed E-state index contributed by atoms with van der Waals surface area (Å²) in [6.07, 6.45) is 7.96. The molecule has 0 fully saturated rings. The number of hydrogen-bond donors (Lipinski definition) is 0. The van der Waals surface area contributed by atoms with Crippen LogP contribution in [0.25, 0.3) is 10.6 Å². The van der Waals surface area contributed by atoms with Crippen LogP contribution in [0.5, 0.6) is 0 Å². The molecule has 4 rings (SSSR count). The molecule has 8 heteroatoms. The van der Waals surface area contributed by atoms with Crippen molar-refractivity contribution in [2.24, 2.45) is 7.05 Å². The largest absolute Gasteiger partial charge is 0.346 e. The molecule has 0 saturated heterocycles. The summed E-state index contributed by atoms with van der Waals surface area (Å²) in [4.78, 5) is 17.1. The molecule has 0 spiro atoms. The number of aromatic nitrogens is 6. The summed E-state index contributed by atoms with van der Waals surface area (Å²) in [6, 6.07) is 0. The number of aryl methyl sites for hydroxylation is 2. The van der Waals surface area contributed by atoms with Crippen LogP contribution in [0, 0.1) is 0 Å². The Bertz CT molecular complexity index is 886. The summed E-state index contributed by atoms with van der Waals surface area (Å²) in [5.74, 6) is 0.912. The van der Waals surface area contributed by atoms with E-state index in [0.717, 1.165) is 47.9 Å². The molecular formula is C15H18N6OS. The van der Waals surface area contributed by atoms with Gasteiger partial charge in [0.25, 0.3) is 0 Å². The topological polar surface area (TPSA) is 70.5 Å². The first kappa shape index (κ1) is 14.4. The Morgan fingerprint density at radius 1 is 1.30 bits per heavy atom. The van der Waals surface area contributed by atoms with Gasteiger partial charge in [0.2, 0.25) is 0 Å². The minimum Gasteiger partial charge on any atom is -0.279 e. The Hall–Kier alpha value is -2.22. The quantitative estimate of drug-likeness (QED) is 0.732. The van der Waals surface area contributed by atoms with E-state index in [-0.39, 0.29) is 5.69 Å². The zero-order chi connectivity index (χ0) is 15.8. The molecular weight excluding hydrogens is 312 g/mol. The van der Waals surface area contributed by atoms with Crippen molar-refractivity contribution in [3.8, 4) is 10.6 Å². The Kier molecular flexibility index (Phi) is 3.60. The molecule has 23 heavy (non-hydrogen) atoms. The van der Waals surface area contributed by atoms with E-state index in [2.05, 4.69) is 15.2 Å². The van der Waals surface area contributed by atoms with Gasteiger partial charge in [-0.1, -0.05) is 6.42 Å². The van der Waals surface area contributed by atoms with Crippen molar-refractivity contribution in [1.82, 2.24) is 29.1 Å². The van der Waals surface area contributed by atoms with Gasteiger partial charge in [-0.25, -0.2) is 14.5 Å². The van der Waals surface area contributed by atoms with E-state index in [9.17, 15) is 4.79 Å². The molecule has 0 saturated carbocycles. The fourth-order valence-corrected chi connectivity index (χ4v) is 3.71. The molecule has 3 aromatic heterocycles. The van der Waals surface area contributed by atoms with Crippen molar-refractivity contribution in [2.75, 3.05) is 0 Å². The van der Waals surface area contributed by atoms with Crippen LogP contribution in [-0.4, -0.2) is 29.1 Å². The van der Waals surface area contributed by atoms with Gasteiger partial charge in [0, 0.05) is 37.2 Å². The summed E-state index contributed by atoms with van der Waals surface area (Å²) in [6.45, 7) is 1.21.